The second-order valence-electron chi connectivity index (χ2n) is 4.71. The molecular weight excluding hydrogens is 292 g/mol. The van der Waals surface area contributed by atoms with Crippen molar-refractivity contribution < 1.29 is 4.74 Å². The smallest absolute Gasteiger partial charge is 0.119 e. The van der Waals surface area contributed by atoms with Crippen molar-refractivity contribution in [3.05, 3.63) is 28.2 Å². The van der Waals surface area contributed by atoms with Gasteiger partial charge in [0.25, 0.3) is 0 Å². The summed E-state index contributed by atoms with van der Waals surface area (Å²) < 4.78 is 6.84. The van der Waals surface area contributed by atoms with Crippen molar-refractivity contribution in [1.29, 1.82) is 0 Å². The Morgan fingerprint density at radius 1 is 1.22 bits per heavy atom. The first-order valence-corrected chi connectivity index (χ1v) is 7.42. The van der Waals surface area contributed by atoms with Crippen LogP contribution in [0, 0.1) is 0 Å². The summed E-state index contributed by atoms with van der Waals surface area (Å²) >= 11 is 3.48. The normalized spacial score (nSPS) is 16.8. The number of rotatable bonds is 5. The summed E-state index contributed by atoms with van der Waals surface area (Å²) in [5.41, 5.74) is 6.76. The Morgan fingerprint density at radius 3 is 2.72 bits per heavy atom. The maximum absolute atomic E-state index is 5.79. The average molecular weight is 313 g/mol. The largest absolute Gasteiger partial charge is 0.492 e. The van der Waals surface area contributed by atoms with E-state index in [1.54, 1.807) is 0 Å². The number of piperidine rings is 1. The standard InChI is InChI=1S/C14H21BrN2O/c15-14-5-4-13(10-12(14)11-16)18-9-8-17-6-2-1-3-7-17/h4-5,10H,1-3,6-9,11,16H2. The summed E-state index contributed by atoms with van der Waals surface area (Å²) in [6.07, 6.45) is 4.04. The summed E-state index contributed by atoms with van der Waals surface area (Å²) in [6, 6.07) is 6.00. The predicted octanol–water partition coefficient (Wildman–Crippen LogP) is 2.77. The van der Waals surface area contributed by atoms with Crippen LogP contribution in [0.5, 0.6) is 5.75 Å². The summed E-state index contributed by atoms with van der Waals surface area (Å²) in [5, 5.41) is 0. The zero-order valence-electron chi connectivity index (χ0n) is 10.7. The molecule has 1 aromatic carbocycles. The molecule has 0 saturated carbocycles. The molecule has 0 radical (unpaired) electrons. The molecule has 1 aliphatic rings. The van der Waals surface area contributed by atoms with Crippen molar-refractivity contribution in [1.82, 2.24) is 4.90 Å². The molecule has 0 unspecified atom stereocenters. The van der Waals surface area contributed by atoms with E-state index in [1.807, 2.05) is 18.2 Å². The van der Waals surface area contributed by atoms with Crippen molar-refractivity contribution >= 4 is 15.9 Å². The third-order valence-corrected chi connectivity index (χ3v) is 4.14. The van der Waals surface area contributed by atoms with Gasteiger partial charge < -0.3 is 10.5 Å². The summed E-state index contributed by atoms with van der Waals surface area (Å²) in [5.74, 6) is 0.913. The summed E-state index contributed by atoms with van der Waals surface area (Å²) in [4.78, 5) is 2.48. The molecule has 1 aliphatic heterocycles. The molecule has 0 atom stereocenters. The van der Waals surface area contributed by atoms with Gasteiger partial charge in [-0.1, -0.05) is 22.4 Å². The van der Waals surface area contributed by atoms with Crippen LogP contribution < -0.4 is 10.5 Å². The fraction of sp³-hybridized carbons (Fsp3) is 0.571. The van der Waals surface area contributed by atoms with E-state index < -0.39 is 0 Å². The van der Waals surface area contributed by atoms with Gasteiger partial charge in [0.15, 0.2) is 0 Å². The number of ether oxygens (including phenoxy) is 1. The Balaban J connectivity index is 1.79. The minimum absolute atomic E-state index is 0.532. The fourth-order valence-electron chi connectivity index (χ4n) is 2.27. The number of hydrogen-bond donors (Lipinski definition) is 1. The second-order valence-corrected chi connectivity index (χ2v) is 5.56. The van der Waals surface area contributed by atoms with Gasteiger partial charge in [-0.25, -0.2) is 0 Å². The van der Waals surface area contributed by atoms with E-state index in [2.05, 4.69) is 20.8 Å². The topological polar surface area (TPSA) is 38.5 Å². The quantitative estimate of drug-likeness (QED) is 0.908. The van der Waals surface area contributed by atoms with Gasteiger partial charge >= 0.3 is 0 Å². The van der Waals surface area contributed by atoms with Crippen LogP contribution in [0.1, 0.15) is 24.8 Å². The number of nitrogens with two attached hydrogens (primary N) is 1. The van der Waals surface area contributed by atoms with Crippen LogP contribution in [-0.4, -0.2) is 31.1 Å². The molecule has 1 aromatic rings. The minimum Gasteiger partial charge on any atom is -0.492 e. The van der Waals surface area contributed by atoms with E-state index in [1.165, 1.54) is 32.4 Å². The second kappa shape index (κ2) is 7.12. The van der Waals surface area contributed by atoms with Gasteiger partial charge in [-0.3, -0.25) is 4.90 Å². The van der Waals surface area contributed by atoms with Gasteiger partial charge in [-0.05, 0) is 49.7 Å². The summed E-state index contributed by atoms with van der Waals surface area (Å²) in [7, 11) is 0. The predicted molar refractivity (Wildman–Crippen MR) is 77.8 cm³/mol. The highest BCUT2D eigenvalue weighted by molar-refractivity contribution is 9.10. The van der Waals surface area contributed by atoms with Gasteiger partial charge in [0, 0.05) is 17.6 Å². The van der Waals surface area contributed by atoms with Crippen molar-refractivity contribution in [3.8, 4) is 5.75 Å². The zero-order valence-corrected chi connectivity index (χ0v) is 12.3. The van der Waals surface area contributed by atoms with Crippen LogP contribution in [0.3, 0.4) is 0 Å². The Kier molecular flexibility index (Phi) is 5.47. The zero-order chi connectivity index (χ0) is 12.8. The number of nitrogens with zero attached hydrogens (tertiary/aromatic N) is 1. The molecule has 1 heterocycles. The molecule has 0 aromatic heterocycles. The van der Waals surface area contributed by atoms with Crippen molar-refractivity contribution in [2.75, 3.05) is 26.2 Å². The Labute approximate surface area is 117 Å². The molecule has 0 spiro atoms. The van der Waals surface area contributed by atoms with Crippen molar-refractivity contribution in [3.63, 3.8) is 0 Å². The van der Waals surface area contributed by atoms with E-state index in [-0.39, 0.29) is 0 Å². The maximum Gasteiger partial charge on any atom is 0.119 e. The highest BCUT2D eigenvalue weighted by Gasteiger charge is 2.09. The van der Waals surface area contributed by atoms with E-state index in [9.17, 15) is 0 Å². The molecule has 100 valence electrons. The molecule has 4 heteroatoms. The fourth-order valence-corrected chi connectivity index (χ4v) is 2.68. The van der Waals surface area contributed by atoms with Crippen LogP contribution in [0.4, 0.5) is 0 Å². The Hall–Kier alpha value is -0.580. The Morgan fingerprint density at radius 2 is 2.00 bits per heavy atom. The monoisotopic (exact) mass is 312 g/mol. The molecule has 2 N–H and O–H groups in total. The van der Waals surface area contributed by atoms with Crippen LogP contribution in [0.25, 0.3) is 0 Å². The molecule has 0 aliphatic carbocycles. The first kappa shape index (κ1) is 13.8. The SMILES string of the molecule is NCc1cc(OCCN2CCCCC2)ccc1Br. The van der Waals surface area contributed by atoms with Gasteiger partial charge in [0.2, 0.25) is 0 Å². The third kappa shape index (κ3) is 3.97. The first-order valence-electron chi connectivity index (χ1n) is 6.63. The number of likely N-dealkylation sites (tertiary alicyclic amines) is 1. The van der Waals surface area contributed by atoms with Crippen LogP contribution >= 0.6 is 15.9 Å². The lowest BCUT2D eigenvalue weighted by Crippen LogP contribution is -2.33. The van der Waals surface area contributed by atoms with E-state index in [0.717, 1.165) is 28.9 Å². The number of hydrogen-bond acceptors (Lipinski definition) is 3. The highest BCUT2D eigenvalue weighted by atomic mass is 79.9. The van der Waals surface area contributed by atoms with Crippen LogP contribution in [0.15, 0.2) is 22.7 Å². The number of halogens is 1. The summed E-state index contributed by atoms with van der Waals surface area (Å²) in [6.45, 7) is 4.75. The molecule has 3 nitrogen and oxygen atoms in total. The molecule has 0 amide bonds. The molecule has 1 fully saturated rings. The lowest BCUT2D eigenvalue weighted by molar-refractivity contribution is 0.183. The minimum atomic E-state index is 0.532. The van der Waals surface area contributed by atoms with Gasteiger partial charge in [-0.15, -0.1) is 0 Å². The molecule has 2 rings (SSSR count). The molecule has 0 bridgehead atoms. The Bertz CT molecular complexity index is 378. The van der Waals surface area contributed by atoms with Crippen molar-refractivity contribution in [2.45, 2.75) is 25.8 Å². The molecule has 18 heavy (non-hydrogen) atoms. The highest BCUT2D eigenvalue weighted by Crippen LogP contribution is 2.22. The van der Waals surface area contributed by atoms with E-state index in [4.69, 9.17) is 10.5 Å². The lowest BCUT2D eigenvalue weighted by Gasteiger charge is -2.26. The van der Waals surface area contributed by atoms with Crippen molar-refractivity contribution in [2.24, 2.45) is 5.73 Å². The van der Waals surface area contributed by atoms with E-state index in [0.29, 0.717) is 6.54 Å². The van der Waals surface area contributed by atoms with Gasteiger partial charge in [0.1, 0.15) is 12.4 Å². The van der Waals surface area contributed by atoms with Crippen LogP contribution in [-0.2, 0) is 6.54 Å². The maximum atomic E-state index is 5.79. The van der Waals surface area contributed by atoms with Crippen LogP contribution in [0.2, 0.25) is 0 Å². The number of benzene rings is 1. The van der Waals surface area contributed by atoms with Gasteiger partial charge in [0.05, 0.1) is 0 Å². The lowest BCUT2D eigenvalue weighted by atomic mass is 10.1. The molecule has 1 saturated heterocycles. The van der Waals surface area contributed by atoms with Gasteiger partial charge in [-0.2, -0.15) is 0 Å². The van der Waals surface area contributed by atoms with E-state index >= 15 is 0 Å². The average Bonchev–Trinajstić information content (AvgIpc) is 2.42. The molecular formula is C14H21BrN2O. The third-order valence-electron chi connectivity index (χ3n) is 3.36. The first-order chi connectivity index (χ1) is 8.79.